The first-order valence-corrected chi connectivity index (χ1v) is 9.13. The molecule has 0 radical (unpaired) electrons. The lowest BCUT2D eigenvalue weighted by Crippen LogP contribution is -2.14. The number of halogens is 1. The van der Waals surface area contributed by atoms with Gasteiger partial charge in [0.25, 0.3) is 10.0 Å². The van der Waals surface area contributed by atoms with Crippen LogP contribution in [0.5, 0.6) is 5.88 Å². The standard InChI is InChI=1S/C17H17FN4O3S/c1-19-9-12-8-15(14-4-3-7-20-17(14)18)22(11-12)26(23,24)13-5-6-16(25-2)21-10-13/h3-8,10-11,19H,9H2,1-2H3. The van der Waals surface area contributed by atoms with Gasteiger partial charge in [0.2, 0.25) is 11.8 Å². The second-order valence-electron chi connectivity index (χ2n) is 5.44. The second kappa shape index (κ2) is 7.22. The summed E-state index contributed by atoms with van der Waals surface area (Å²) < 4.78 is 46.3. The number of nitrogens with one attached hydrogen (secondary N) is 1. The summed E-state index contributed by atoms with van der Waals surface area (Å²) in [6.07, 6.45) is 3.97. The van der Waals surface area contributed by atoms with E-state index in [1.807, 2.05) is 0 Å². The normalized spacial score (nSPS) is 11.5. The van der Waals surface area contributed by atoms with Gasteiger partial charge in [-0.2, -0.15) is 4.39 Å². The van der Waals surface area contributed by atoms with Gasteiger partial charge in [-0.25, -0.2) is 22.4 Å². The molecule has 0 atom stereocenters. The van der Waals surface area contributed by atoms with E-state index in [0.717, 1.165) is 3.97 Å². The molecule has 9 heteroatoms. The quantitative estimate of drug-likeness (QED) is 0.663. The van der Waals surface area contributed by atoms with Crippen LogP contribution >= 0.6 is 0 Å². The van der Waals surface area contributed by atoms with Crippen LogP contribution in [-0.4, -0.2) is 36.5 Å². The molecule has 1 N–H and O–H groups in total. The third-order valence-corrected chi connectivity index (χ3v) is 5.39. The first-order chi connectivity index (χ1) is 12.5. The molecule has 0 saturated heterocycles. The van der Waals surface area contributed by atoms with Crippen LogP contribution in [0.1, 0.15) is 5.56 Å². The van der Waals surface area contributed by atoms with Crippen LogP contribution in [0.4, 0.5) is 4.39 Å². The predicted molar refractivity (Wildman–Crippen MR) is 93.8 cm³/mol. The summed E-state index contributed by atoms with van der Waals surface area (Å²) in [5.74, 6) is -0.447. The van der Waals surface area contributed by atoms with Crippen LogP contribution in [0, 0.1) is 5.95 Å². The monoisotopic (exact) mass is 376 g/mol. The van der Waals surface area contributed by atoms with Crippen LogP contribution in [0.25, 0.3) is 11.3 Å². The fraction of sp³-hybridized carbons (Fsp3) is 0.176. The maximum absolute atomic E-state index is 14.2. The smallest absolute Gasteiger partial charge is 0.269 e. The molecule has 3 aromatic heterocycles. The van der Waals surface area contributed by atoms with Gasteiger partial charge in [0.05, 0.1) is 24.6 Å². The molecular weight excluding hydrogens is 359 g/mol. The molecule has 3 rings (SSSR count). The lowest BCUT2D eigenvalue weighted by atomic mass is 10.2. The lowest BCUT2D eigenvalue weighted by Gasteiger charge is -2.11. The Hall–Kier alpha value is -2.78. The van der Waals surface area contributed by atoms with Crippen molar-refractivity contribution in [3.8, 4) is 17.1 Å². The van der Waals surface area contributed by atoms with E-state index in [-0.39, 0.29) is 16.2 Å². The molecule has 26 heavy (non-hydrogen) atoms. The zero-order chi connectivity index (χ0) is 18.7. The fourth-order valence-electron chi connectivity index (χ4n) is 2.52. The van der Waals surface area contributed by atoms with Gasteiger partial charge < -0.3 is 10.1 Å². The number of ether oxygens (including phenoxy) is 1. The van der Waals surface area contributed by atoms with Gasteiger partial charge >= 0.3 is 0 Å². The highest BCUT2D eigenvalue weighted by Crippen LogP contribution is 2.28. The Kier molecular flexibility index (Phi) is 5.01. The number of hydrogen-bond acceptors (Lipinski definition) is 6. The van der Waals surface area contributed by atoms with Crippen LogP contribution < -0.4 is 10.1 Å². The van der Waals surface area contributed by atoms with Gasteiger partial charge in [-0.1, -0.05) is 0 Å². The average molecular weight is 376 g/mol. The largest absolute Gasteiger partial charge is 0.481 e. The molecule has 0 aromatic carbocycles. The third kappa shape index (κ3) is 3.31. The summed E-state index contributed by atoms with van der Waals surface area (Å²) in [5.41, 5.74) is 0.979. The van der Waals surface area contributed by atoms with Crippen LogP contribution in [-0.2, 0) is 16.6 Å². The van der Waals surface area contributed by atoms with E-state index < -0.39 is 16.0 Å². The SMILES string of the molecule is CNCc1cc(-c2cccnc2F)n(S(=O)(=O)c2ccc(OC)nc2)c1. The molecule has 7 nitrogen and oxygen atoms in total. The van der Waals surface area contributed by atoms with Crippen molar-refractivity contribution in [1.29, 1.82) is 0 Å². The van der Waals surface area contributed by atoms with E-state index in [9.17, 15) is 12.8 Å². The summed E-state index contributed by atoms with van der Waals surface area (Å²) in [7, 11) is -0.801. The zero-order valence-electron chi connectivity index (χ0n) is 14.2. The van der Waals surface area contributed by atoms with Crippen molar-refractivity contribution in [2.45, 2.75) is 11.4 Å². The number of nitrogens with zero attached hydrogens (tertiary/aromatic N) is 3. The summed E-state index contributed by atoms with van der Waals surface area (Å²) >= 11 is 0. The van der Waals surface area contributed by atoms with Crippen molar-refractivity contribution in [3.05, 3.63) is 60.4 Å². The van der Waals surface area contributed by atoms with Crippen LogP contribution in [0.15, 0.2) is 53.8 Å². The highest BCUT2D eigenvalue weighted by Gasteiger charge is 2.24. The molecule has 0 aliphatic heterocycles. The number of aromatic nitrogens is 3. The lowest BCUT2D eigenvalue weighted by molar-refractivity contribution is 0.397. The molecule has 3 heterocycles. The Balaban J connectivity index is 2.17. The Bertz CT molecular complexity index is 1020. The Morgan fingerprint density at radius 3 is 2.69 bits per heavy atom. The maximum atomic E-state index is 14.2. The van der Waals surface area contributed by atoms with E-state index in [0.29, 0.717) is 18.0 Å². The minimum Gasteiger partial charge on any atom is -0.481 e. The van der Waals surface area contributed by atoms with E-state index in [2.05, 4.69) is 15.3 Å². The summed E-state index contributed by atoms with van der Waals surface area (Å²) in [6, 6.07) is 7.50. The van der Waals surface area contributed by atoms with Gasteiger partial charge in [0.1, 0.15) is 4.90 Å². The van der Waals surface area contributed by atoms with Crippen molar-refractivity contribution in [3.63, 3.8) is 0 Å². The van der Waals surface area contributed by atoms with Crippen molar-refractivity contribution in [1.82, 2.24) is 19.3 Å². The Morgan fingerprint density at radius 1 is 1.27 bits per heavy atom. The Labute approximate surface area is 150 Å². The van der Waals surface area contributed by atoms with E-state index >= 15 is 0 Å². The molecule has 0 bridgehead atoms. The molecule has 0 aliphatic rings. The molecule has 0 aliphatic carbocycles. The van der Waals surface area contributed by atoms with E-state index in [4.69, 9.17) is 4.74 Å². The molecule has 0 saturated carbocycles. The summed E-state index contributed by atoms with van der Waals surface area (Å²) in [4.78, 5) is 7.52. The molecule has 0 unspecified atom stereocenters. The highest BCUT2D eigenvalue weighted by atomic mass is 32.2. The average Bonchev–Trinajstić information content (AvgIpc) is 3.07. The van der Waals surface area contributed by atoms with Crippen molar-refractivity contribution < 1.29 is 17.5 Å². The third-order valence-electron chi connectivity index (χ3n) is 3.73. The van der Waals surface area contributed by atoms with Crippen molar-refractivity contribution in [2.75, 3.05) is 14.2 Å². The summed E-state index contributed by atoms with van der Waals surface area (Å²) in [6.45, 7) is 0.429. The number of pyridine rings is 2. The summed E-state index contributed by atoms with van der Waals surface area (Å²) in [5, 5.41) is 2.95. The maximum Gasteiger partial charge on any atom is 0.269 e. The Morgan fingerprint density at radius 2 is 2.08 bits per heavy atom. The van der Waals surface area contributed by atoms with Gasteiger partial charge in [-0.3, -0.25) is 0 Å². The topological polar surface area (TPSA) is 86.1 Å². The van der Waals surface area contributed by atoms with Crippen molar-refractivity contribution in [2.24, 2.45) is 0 Å². The molecular formula is C17H17FN4O3S. The second-order valence-corrected chi connectivity index (χ2v) is 7.26. The van der Waals surface area contributed by atoms with Crippen LogP contribution in [0.2, 0.25) is 0 Å². The minimum absolute atomic E-state index is 0.0320. The van der Waals surface area contributed by atoms with Gasteiger partial charge in [0, 0.05) is 25.0 Å². The highest BCUT2D eigenvalue weighted by molar-refractivity contribution is 7.90. The van der Waals surface area contributed by atoms with E-state index in [1.165, 1.54) is 43.9 Å². The van der Waals surface area contributed by atoms with Crippen molar-refractivity contribution >= 4 is 10.0 Å². The number of methoxy groups -OCH3 is 1. The van der Waals surface area contributed by atoms with Gasteiger partial charge in [0.15, 0.2) is 0 Å². The minimum atomic E-state index is -3.98. The molecule has 3 aromatic rings. The van der Waals surface area contributed by atoms with E-state index in [1.54, 1.807) is 19.2 Å². The first-order valence-electron chi connectivity index (χ1n) is 7.69. The molecule has 0 amide bonds. The fourth-order valence-corrected chi connectivity index (χ4v) is 3.86. The van der Waals surface area contributed by atoms with Crippen LogP contribution in [0.3, 0.4) is 0 Å². The number of hydrogen-bond donors (Lipinski definition) is 1. The van der Waals surface area contributed by atoms with Gasteiger partial charge in [-0.15, -0.1) is 0 Å². The zero-order valence-corrected chi connectivity index (χ0v) is 15.0. The number of rotatable bonds is 6. The molecule has 0 spiro atoms. The predicted octanol–water partition coefficient (Wildman–Crippen LogP) is 2.05. The molecule has 136 valence electrons. The van der Waals surface area contributed by atoms with Gasteiger partial charge in [-0.05, 0) is 36.9 Å². The molecule has 0 fully saturated rings. The first kappa shape index (κ1) is 18.0.